The molecule has 0 bridgehead atoms. The Morgan fingerprint density at radius 2 is 2.12 bits per heavy atom. The van der Waals surface area contributed by atoms with Crippen molar-refractivity contribution in [3.63, 3.8) is 0 Å². The van der Waals surface area contributed by atoms with Crippen LogP contribution < -0.4 is 5.32 Å². The standard InChI is InChI=1S/C19H22N3O9PS2/c1-21-4-22(19(33)34-6-21)5-29-32(26)30-15-10(23)2-9-8-3-11-16(28-7-27-11)14(24)12(8)18(25)20-13(9)17(15)31-32/h2-3,8,10,12-13,15,17,23-24H,4-7H2,1H3,(H,20,25)/t8?,10-,12?,13+,15+,17-,32?/m0/s1. The molecule has 0 spiro atoms. The van der Waals surface area contributed by atoms with Gasteiger partial charge in [-0.05, 0) is 18.7 Å². The normalized spacial score (nSPS) is 41.4. The first-order valence-electron chi connectivity index (χ1n) is 10.6. The predicted octanol–water partition coefficient (Wildman–Crippen LogP) is 0.736. The molecular formula is C19H22N3O9PS2. The first kappa shape index (κ1) is 22.8. The Balaban J connectivity index is 1.23. The number of phosphoric ester groups is 1. The lowest BCUT2D eigenvalue weighted by atomic mass is 9.70. The Morgan fingerprint density at radius 1 is 1.32 bits per heavy atom. The number of ether oxygens (including phenoxy) is 2. The second-order valence-electron chi connectivity index (χ2n) is 8.72. The van der Waals surface area contributed by atoms with Crippen LogP contribution >= 0.6 is 31.8 Å². The maximum Gasteiger partial charge on any atom is 0.477 e. The molecule has 3 unspecified atom stereocenters. The van der Waals surface area contributed by atoms with E-state index < -0.39 is 49.9 Å². The van der Waals surface area contributed by atoms with E-state index in [1.807, 2.05) is 11.9 Å². The summed E-state index contributed by atoms with van der Waals surface area (Å²) in [5, 5.41) is 24.3. The quantitative estimate of drug-likeness (QED) is 0.268. The van der Waals surface area contributed by atoms with Gasteiger partial charge in [-0.15, -0.1) is 0 Å². The van der Waals surface area contributed by atoms with Crippen molar-refractivity contribution in [2.24, 2.45) is 11.8 Å². The first-order valence-corrected chi connectivity index (χ1v) is 13.4. The monoisotopic (exact) mass is 531 g/mol. The van der Waals surface area contributed by atoms with Crippen LogP contribution in [0, 0.1) is 11.8 Å². The Labute approximate surface area is 204 Å². The third-order valence-electron chi connectivity index (χ3n) is 6.49. The lowest BCUT2D eigenvalue weighted by molar-refractivity contribution is -0.129. The minimum Gasteiger partial charge on any atom is -0.507 e. The molecule has 1 amide bonds. The zero-order chi connectivity index (χ0) is 23.8. The lowest BCUT2D eigenvalue weighted by Gasteiger charge is -2.44. The third-order valence-corrected chi connectivity index (χ3v) is 9.61. The molecule has 4 fully saturated rings. The number of fused-ring (bicyclic) bond motifs is 6. The average molecular weight is 532 g/mol. The minimum atomic E-state index is -4.07. The third kappa shape index (κ3) is 3.59. The summed E-state index contributed by atoms with van der Waals surface area (Å²) in [5.41, 5.74) is 0.597. The number of aliphatic hydroxyl groups is 2. The summed E-state index contributed by atoms with van der Waals surface area (Å²) in [5.74, 6) is -1.00. The van der Waals surface area contributed by atoms with Crippen LogP contribution in [-0.4, -0.2) is 87.7 Å². The molecule has 4 aliphatic heterocycles. The predicted molar refractivity (Wildman–Crippen MR) is 121 cm³/mol. The van der Waals surface area contributed by atoms with Crippen LogP contribution in [0.5, 0.6) is 0 Å². The van der Waals surface area contributed by atoms with Crippen LogP contribution in [0.15, 0.2) is 35.0 Å². The van der Waals surface area contributed by atoms with Crippen molar-refractivity contribution in [3.8, 4) is 0 Å². The number of nitrogens with zero attached hydrogens (tertiary/aromatic N) is 2. The molecule has 15 heteroatoms. The van der Waals surface area contributed by atoms with E-state index in [1.165, 1.54) is 11.8 Å². The van der Waals surface area contributed by atoms with E-state index in [2.05, 4.69) is 5.32 Å². The van der Waals surface area contributed by atoms with Crippen LogP contribution in [0.25, 0.3) is 0 Å². The number of hydrogen-bond acceptors (Lipinski definition) is 12. The van der Waals surface area contributed by atoms with E-state index >= 15 is 0 Å². The topological polar surface area (TPSA) is 139 Å². The van der Waals surface area contributed by atoms with Gasteiger partial charge in [0, 0.05) is 5.92 Å². The highest BCUT2D eigenvalue weighted by Gasteiger charge is 2.59. The molecule has 4 heterocycles. The lowest BCUT2D eigenvalue weighted by Crippen LogP contribution is -2.61. The average Bonchev–Trinajstić information content (AvgIpc) is 3.41. The fraction of sp³-hybridized carbons (Fsp3) is 0.579. The van der Waals surface area contributed by atoms with Crippen molar-refractivity contribution < 1.29 is 42.6 Å². The van der Waals surface area contributed by atoms with Crippen LogP contribution in [0.3, 0.4) is 0 Å². The fourth-order valence-corrected chi connectivity index (χ4v) is 7.47. The summed E-state index contributed by atoms with van der Waals surface area (Å²) in [6.45, 7) is 0.318. The van der Waals surface area contributed by atoms with Gasteiger partial charge < -0.3 is 29.9 Å². The van der Waals surface area contributed by atoms with Crippen LogP contribution in [0.2, 0.25) is 0 Å². The summed E-state index contributed by atoms with van der Waals surface area (Å²) in [6.07, 6.45) is 0.0926. The summed E-state index contributed by atoms with van der Waals surface area (Å²) < 4.78 is 41.5. The fourth-order valence-electron chi connectivity index (χ4n) is 4.96. The molecule has 0 saturated carbocycles. The molecular weight excluding hydrogens is 509 g/mol. The van der Waals surface area contributed by atoms with Crippen LogP contribution in [-0.2, 0) is 32.4 Å². The van der Waals surface area contributed by atoms with Crippen molar-refractivity contribution in [2.75, 3.05) is 33.1 Å². The number of carbonyl (C=O) groups excluding carboxylic acids is 1. The molecule has 0 radical (unpaired) electrons. The van der Waals surface area contributed by atoms with Crippen LogP contribution in [0.4, 0.5) is 0 Å². The Kier molecular flexibility index (Phi) is 5.50. The summed E-state index contributed by atoms with van der Waals surface area (Å²) in [6, 6.07) is -0.743. The Morgan fingerprint density at radius 3 is 2.94 bits per heavy atom. The van der Waals surface area contributed by atoms with Crippen molar-refractivity contribution in [1.29, 1.82) is 0 Å². The number of thiocarbonyl (C=S) groups is 1. The minimum absolute atomic E-state index is 0.0612. The number of hydrogen-bond donors (Lipinski definition) is 3. The van der Waals surface area contributed by atoms with Gasteiger partial charge in [0.1, 0.15) is 35.3 Å². The molecule has 184 valence electrons. The number of amides is 1. The summed E-state index contributed by atoms with van der Waals surface area (Å²) in [4.78, 5) is 16.7. The molecule has 6 rings (SSSR count). The maximum atomic E-state index is 13.3. The smallest absolute Gasteiger partial charge is 0.477 e. The second kappa shape index (κ2) is 8.20. The van der Waals surface area contributed by atoms with Gasteiger partial charge >= 0.3 is 7.82 Å². The van der Waals surface area contributed by atoms with Gasteiger partial charge in [-0.3, -0.25) is 23.3 Å². The van der Waals surface area contributed by atoms with Crippen LogP contribution in [0.1, 0.15) is 0 Å². The maximum absolute atomic E-state index is 13.3. The zero-order valence-electron chi connectivity index (χ0n) is 17.9. The molecule has 3 N–H and O–H groups in total. The Bertz CT molecular complexity index is 1100. The van der Waals surface area contributed by atoms with Gasteiger partial charge in [-0.25, -0.2) is 4.57 Å². The highest BCUT2D eigenvalue weighted by atomic mass is 32.2. The van der Waals surface area contributed by atoms with Crippen molar-refractivity contribution in [1.82, 2.24) is 15.1 Å². The number of allylic oxidation sites excluding steroid dienone is 1. The van der Waals surface area contributed by atoms with E-state index in [0.29, 0.717) is 22.3 Å². The summed E-state index contributed by atoms with van der Waals surface area (Å²) in [7, 11) is -2.15. The highest BCUT2D eigenvalue weighted by molar-refractivity contribution is 8.22. The highest BCUT2D eigenvalue weighted by Crippen LogP contribution is 2.61. The molecule has 0 aromatic carbocycles. The van der Waals surface area contributed by atoms with Gasteiger partial charge in [-0.2, -0.15) is 0 Å². The summed E-state index contributed by atoms with van der Waals surface area (Å²) >= 11 is 6.78. The first-order chi connectivity index (χ1) is 16.2. The van der Waals surface area contributed by atoms with Gasteiger partial charge in [0.2, 0.25) is 18.5 Å². The molecule has 6 aliphatic rings. The van der Waals surface area contributed by atoms with Gasteiger partial charge in [0.25, 0.3) is 0 Å². The van der Waals surface area contributed by atoms with E-state index in [0.717, 1.165) is 5.88 Å². The number of thioether (sulfide) groups is 1. The van der Waals surface area contributed by atoms with Gasteiger partial charge in [-0.1, -0.05) is 30.1 Å². The molecule has 0 aromatic heterocycles. The number of carbonyl (C=O) groups is 1. The molecule has 12 nitrogen and oxygen atoms in total. The SMILES string of the molecule is CN1CSC(=S)N(COP2(=O)O[C@@H]3[C@H](O2)[C@@H](O)C=C2C4C=C5OCOC5=C(O)C4C(=O)N[C@H]23)C1. The largest absolute Gasteiger partial charge is 0.507 e. The zero-order valence-corrected chi connectivity index (χ0v) is 20.4. The van der Waals surface area contributed by atoms with Crippen molar-refractivity contribution >= 4 is 42.0 Å². The molecule has 4 saturated heterocycles. The number of nitrogens with one attached hydrogen (secondary N) is 1. The number of aliphatic hydroxyl groups excluding tert-OH is 2. The molecule has 34 heavy (non-hydrogen) atoms. The number of piperidine rings is 1. The molecule has 2 aliphatic carbocycles. The van der Waals surface area contributed by atoms with E-state index in [1.54, 1.807) is 17.1 Å². The Hall–Kier alpha value is -1.64. The van der Waals surface area contributed by atoms with Crippen molar-refractivity contribution in [2.45, 2.75) is 24.4 Å². The van der Waals surface area contributed by atoms with E-state index in [9.17, 15) is 19.6 Å². The van der Waals surface area contributed by atoms with Gasteiger partial charge in [0.15, 0.2) is 11.5 Å². The molecule has 0 aromatic rings. The second-order valence-corrected chi connectivity index (χ2v) is 11.9. The van der Waals surface area contributed by atoms with E-state index in [4.69, 9.17) is 35.3 Å². The number of rotatable bonds is 3. The number of phosphoric acid groups is 1. The van der Waals surface area contributed by atoms with Gasteiger partial charge in [0.05, 0.1) is 18.6 Å². The van der Waals surface area contributed by atoms with Crippen molar-refractivity contribution in [3.05, 3.63) is 35.0 Å². The molecule has 7 atom stereocenters. The van der Waals surface area contributed by atoms with E-state index in [-0.39, 0.29) is 25.0 Å².